The van der Waals surface area contributed by atoms with Crippen molar-refractivity contribution in [2.24, 2.45) is 0 Å². The number of aromatic nitrogens is 2. The summed E-state index contributed by atoms with van der Waals surface area (Å²) in [5, 5.41) is 3.57. The second-order valence-corrected chi connectivity index (χ2v) is 19.0. The average Bonchev–Trinajstić information content (AvgIpc) is 4.06. The van der Waals surface area contributed by atoms with Gasteiger partial charge >= 0.3 is 0 Å². The SMILES string of the molecule is C1=CC2c3c(N(c4ccc(C5(c6ccccc6)c6ccccc6-c6ccccc65)cc4)c4nc5c(nc4-c4ccccc4)sc4ccccc45)cccc3N(c3ccc4ccccc4c3)C2C=C1. The van der Waals surface area contributed by atoms with Crippen molar-refractivity contribution in [3.8, 4) is 22.4 Å². The smallest absolute Gasteiger partial charge is 0.165 e. The lowest BCUT2D eigenvalue weighted by atomic mass is 9.68. The fraction of sp³-hybridized carbons (Fsp3) is 0.0476. The molecule has 3 aliphatic rings. The Balaban J connectivity index is 1.04. The molecule has 0 bridgehead atoms. The normalized spacial score (nSPS) is 16.2. The summed E-state index contributed by atoms with van der Waals surface area (Å²) < 4.78 is 1.17. The van der Waals surface area contributed by atoms with E-state index in [2.05, 4.69) is 252 Å². The Morgan fingerprint density at radius 3 is 1.99 bits per heavy atom. The van der Waals surface area contributed by atoms with Gasteiger partial charge in [0.1, 0.15) is 16.0 Å². The molecule has 68 heavy (non-hydrogen) atoms. The lowest BCUT2D eigenvalue weighted by Crippen LogP contribution is -2.28. The monoisotopic (exact) mass is 886 g/mol. The zero-order chi connectivity index (χ0) is 44.8. The summed E-state index contributed by atoms with van der Waals surface area (Å²) in [6.45, 7) is 0. The van der Waals surface area contributed by atoms with E-state index in [9.17, 15) is 0 Å². The van der Waals surface area contributed by atoms with E-state index in [1.165, 1.54) is 65.8 Å². The molecule has 320 valence electrons. The zero-order valence-corrected chi connectivity index (χ0v) is 37.8. The van der Waals surface area contributed by atoms with E-state index in [-0.39, 0.29) is 12.0 Å². The van der Waals surface area contributed by atoms with Gasteiger partial charge < -0.3 is 4.90 Å². The second-order valence-electron chi connectivity index (χ2n) is 18.0. The van der Waals surface area contributed by atoms with Crippen LogP contribution in [0.2, 0.25) is 0 Å². The van der Waals surface area contributed by atoms with Crippen molar-refractivity contribution in [2.45, 2.75) is 17.4 Å². The summed E-state index contributed by atoms with van der Waals surface area (Å²) >= 11 is 1.70. The molecule has 0 saturated carbocycles. The van der Waals surface area contributed by atoms with Crippen LogP contribution in [0.15, 0.2) is 243 Å². The maximum Gasteiger partial charge on any atom is 0.165 e. The zero-order valence-electron chi connectivity index (χ0n) is 36.9. The number of hydrogen-bond donors (Lipinski definition) is 0. The van der Waals surface area contributed by atoms with Crippen LogP contribution in [-0.2, 0) is 5.41 Å². The van der Waals surface area contributed by atoms with Crippen molar-refractivity contribution in [3.05, 3.63) is 271 Å². The van der Waals surface area contributed by atoms with E-state index in [0.29, 0.717) is 0 Å². The summed E-state index contributed by atoms with van der Waals surface area (Å²) in [5.41, 5.74) is 15.5. The maximum absolute atomic E-state index is 5.78. The molecule has 11 aromatic rings. The van der Waals surface area contributed by atoms with Crippen LogP contribution in [0.4, 0.5) is 28.6 Å². The van der Waals surface area contributed by atoms with Crippen LogP contribution >= 0.6 is 11.3 Å². The van der Waals surface area contributed by atoms with Gasteiger partial charge in [-0.25, -0.2) is 9.97 Å². The Morgan fingerprint density at radius 2 is 1.19 bits per heavy atom. The molecule has 0 fully saturated rings. The van der Waals surface area contributed by atoms with E-state index in [4.69, 9.17) is 9.97 Å². The Kier molecular flexibility index (Phi) is 8.77. The van der Waals surface area contributed by atoms with Crippen molar-refractivity contribution in [1.29, 1.82) is 0 Å². The Morgan fingerprint density at radius 1 is 0.529 bits per heavy atom. The number of benzene rings is 9. The molecule has 9 aromatic carbocycles. The van der Waals surface area contributed by atoms with Crippen LogP contribution in [-0.4, -0.2) is 16.0 Å². The molecule has 1 aliphatic heterocycles. The van der Waals surface area contributed by atoms with Gasteiger partial charge in [-0.05, 0) is 86.6 Å². The number of rotatable bonds is 7. The van der Waals surface area contributed by atoms with Crippen molar-refractivity contribution < 1.29 is 0 Å². The fourth-order valence-corrected chi connectivity index (χ4v) is 12.6. The van der Waals surface area contributed by atoms with Gasteiger partial charge in [-0.2, -0.15) is 0 Å². The molecule has 14 rings (SSSR count). The summed E-state index contributed by atoms with van der Waals surface area (Å²) in [4.78, 5) is 17.2. The Labute approximate surface area is 399 Å². The van der Waals surface area contributed by atoms with Crippen LogP contribution in [0.5, 0.6) is 0 Å². The molecular weight excluding hydrogens is 845 g/mol. The maximum atomic E-state index is 5.78. The number of hydrogen-bond acceptors (Lipinski definition) is 5. The van der Waals surface area contributed by atoms with Gasteiger partial charge in [0.2, 0.25) is 0 Å². The van der Waals surface area contributed by atoms with Gasteiger partial charge in [0.15, 0.2) is 5.82 Å². The molecule has 0 radical (unpaired) electrons. The molecule has 0 saturated heterocycles. The minimum atomic E-state index is -0.526. The number of thiophene rings is 1. The van der Waals surface area contributed by atoms with E-state index >= 15 is 0 Å². The second kappa shape index (κ2) is 15.3. The van der Waals surface area contributed by atoms with Gasteiger partial charge in [0.25, 0.3) is 0 Å². The van der Waals surface area contributed by atoms with Gasteiger partial charge in [-0.1, -0.05) is 200 Å². The Bertz CT molecular complexity index is 3790. The number of nitrogens with zero attached hydrogens (tertiary/aromatic N) is 4. The first kappa shape index (κ1) is 38.8. The lowest BCUT2D eigenvalue weighted by Gasteiger charge is -2.34. The molecule has 2 aromatic heterocycles. The summed E-state index contributed by atoms with van der Waals surface area (Å²) in [6, 6.07) is 79.9. The third kappa shape index (κ3) is 5.73. The van der Waals surface area contributed by atoms with Crippen molar-refractivity contribution in [3.63, 3.8) is 0 Å². The third-order valence-corrected chi connectivity index (χ3v) is 15.5. The number of allylic oxidation sites excluding steroid dienone is 2. The minimum absolute atomic E-state index is 0.0751. The molecule has 2 atom stereocenters. The number of anilines is 5. The van der Waals surface area contributed by atoms with Crippen molar-refractivity contribution >= 4 is 71.1 Å². The van der Waals surface area contributed by atoms with Gasteiger partial charge in [0.05, 0.1) is 17.1 Å². The van der Waals surface area contributed by atoms with E-state index in [0.717, 1.165) is 44.2 Å². The van der Waals surface area contributed by atoms with Crippen LogP contribution in [0.1, 0.15) is 33.7 Å². The summed E-state index contributed by atoms with van der Waals surface area (Å²) in [7, 11) is 0. The van der Waals surface area contributed by atoms with E-state index in [1.807, 2.05) is 0 Å². The Hall–Kier alpha value is -8.38. The van der Waals surface area contributed by atoms with Crippen molar-refractivity contribution in [1.82, 2.24) is 9.97 Å². The summed E-state index contributed by atoms with van der Waals surface area (Å²) in [5.74, 6) is 0.866. The van der Waals surface area contributed by atoms with Crippen LogP contribution in [0.25, 0.3) is 53.6 Å². The van der Waals surface area contributed by atoms with Crippen molar-refractivity contribution in [2.75, 3.05) is 9.80 Å². The van der Waals surface area contributed by atoms with E-state index in [1.54, 1.807) is 11.3 Å². The molecule has 0 N–H and O–H groups in total. The van der Waals surface area contributed by atoms with Crippen LogP contribution in [0.3, 0.4) is 0 Å². The molecule has 2 unspecified atom stereocenters. The molecular formula is C63H42N4S. The highest BCUT2D eigenvalue weighted by Crippen LogP contribution is 2.58. The first-order valence-electron chi connectivity index (χ1n) is 23.4. The minimum Gasteiger partial charge on any atom is -0.333 e. The van der Waals surface area contributed by atoms with Gasteiger partial charge in [0, 0.05) is 44.2 Å². The van der Waals surface area contributed by atoms with Crippen LogP contribution in [0, 0.1) is 0 Å². The van der Waals surface area contributed by atoms with Gasteiger partial charge in [-0.3, -0.25) is 4.90 Å². The molecule has 5 heteroatoms. The highest BCUT2D eigenvalue weighted by molar-refractivity contribution is 7.25. The first-order valence-corrected chi connectivity index (χ1v) is 24.2. The predicted octanol–water partition coefficient (Wildman–Crippen LogP) is 16.2. The average molecular weight is 887 g/mol. The first-order chi connectivity index (χ1) is 33.7. The molecule has 4 nitrogen and oxygen atoms in total. The fourth-order valence-electron chi connectivity index (χ4n) is 11.6. The summed E-state index contributed by atoms with van der Waals surface area (Å²) in [6.07, 6.45) is 9.16. The third-order valence-electron chi connectivity index (χ3n) is 14.5. The standard InChI is InChI=1S/C63H42N4S/c1-3-19-42(20-4-1)59-61(64-60-51-27-12-16-33-57(51)68-62(60)65-59)67(56-32-17-31-55-58(56)50-26-11-15-30-54(50)66(55)47-37-34-41-18-7-8-21-43(41)40-47)46-38-35-45(36-39-46)63(44-22-5-2-6-23-44)52-28-13-9-24-48(52)49-25-10-14-29-53(49)63/h1-40,50,54H. The molecule has 3 heterocycles. The predicted molar refractivity (Wildman–Crippen MR) is 283 cm³/mol. The topological polar surface area (TPSA) is 32.3 Å². The van der Waals surface area contributed by atoms with E-state index < -0.39 is 5.41 Å². The number of fused-ring (bicyclic) bond motifs is 10. The highest BCUT2D eigenvalue weighted by Gasteiger charge is 2.46. The largest absolute Gasteiger partial charge is 0.333 e. The molecule has 2 aliphatic carbocycles. The quantitative estimate of drug-likeness (QED) is 0.160. The molecule has 0 spiro atoms. The molecule has 0 amide bonds. The lowest BCUT2D eigenvalue weighted by molar-refractivity contribution is 0.745. The van der Waals surface area contributed by atoms with Gasteiger partial charge in [-0.15, -0.1) is 11.3 Å². The van der Waals surface area contributed by atoms with Crippen LogP contribution < -0.4 is 9.80 Å². The highest BCUT2D eigenvalue weighted by atomic mass is 32.1.